The molecule has 0 aliphatic carbocycles. The minimum atomic E-state index is -0.355. The number of ether oxygens (including phenoxy) is 3. The van der Waals surface area contributed by atoms with Crippen LogP contribution >= 0.6 is 0 Å². The quantitative estimate of drug-likeness (QED) is 0.566. The fourth-order valence-corrected chi connectivity index (χ4v) is 3.85. The summed E-state index contributed by atoms with van der Waals surface area (Å²) in [5, 5.41) is 5.58. The lowest BCUT2D eigenvalue weighted by atomic mass is 10.1. The monoisotopic (exact) mass is 468 g/mol. The maximum absolute atomic E-state index is 12.5. The van der Waals surface area contributed by atoms with Gasteiger partial charge in [0.05, 0.1) is 32.0 Å². The molecule has 2 N–H and O–H groups in total. The van der Waals surface area contributed by atoms with Crippen molar-refractivity contribution in [2.24, 2.45) is 0 Å². The zero-order chi connectivity index (χ0) is 24.1. The third-order valence-corrected chi connectivity index (χ3v) is 5.52. The van der Waals surface area contributed by atoms with Gasteiger partial charge in [-0.05, 0) is 44.3 Å². The van der Waals surface area contributed by atoms with E-state index in [1.54, 1.807) is 24.1 Å². The van der Waals surface area contributed by atoms with Crippen LogP contribution in [0.15, 0.2) is 36.4 Å². The number of carbonyl (C=O) groups is 3. The van der Waals surface area contributed by atoms with Crippen LogP contribution in [0.2, 0.25) is 0 Å². The average Bonchev–Trinajstić information content (AvgIpc) is 3.26. The number of benzene rings is 2. The number of fused-ring (bicyclic) bond motifs is 1. The predicted octanol–water partition coefficient (Wildman–Crippen LogP) is 1.96. The SMILES string of the molecule is CC(=O)c1cc2c(cc1NC(=O)CN(C)CC(=O)Nc1ccc(N3CCOCC3)cc1)OCO2. The van der Waals surface area contributed by atoms with E-state index in [9.17, 15) is 14.4 Å². The molecule has 0 spiro atoms. The van der Waals surface area contributed by atoms with Crippen LogP contribution in [0.1, 0.15) is 17.3 Å². The number of carbonyl (C=O) groups excluding carboxylic acids is 3. The number of anilines is 3. The highest BCUT2D eigenvalue weighted by molar-refractivity contribution is 6.05. The van der Waals surface area contributed by atoms with Gasteiger partial charge in [0.2, 0.25) is 18.6 Å². The van der Waals surface area contributed by atoms with Gasteiger partial charge in [-0.3, -0.25) is 19.3 Å². The molecule has 1 fully saturated rings. The number of rotatable bonds is 8. The topological polar surface area (TPSA) is 109 Å². The second-order valence-electron chi connectivity index (χ2n) is 8.22. The standard InChI is InChI=1S/C24H28N4O6/c1-16(29)19-11-21-22(34-15-33-21)12-20(19)26-24(31)14-27(2)13-23(30)25-17-3-5-18(6-4-17)28-7-9-32-10-8-28/h3-6,11-12H,7-10,13-15H2,1-2H3,(H,25,30)(H,26,31). The van der Waals surface area contributed by atoms with Gasteiger partial charge in [0.25, 0.3) is 0 Å². The Morgan fingerprint density at radius 2 is 1.56 bits per heavy atom. The highest BCUT2D eigenvalue weighted by Gasteiger charge is 2.21. The molecule has 0 radical (unpaired) electrons. The van der Waals surface area contributed by atoms with Crippen LogP contribution in [-0.4, -0.2) is 75.7 Å². The molecular weight excluding hydrogens is 440 g/mol. The first kappa shape index (κ1) is 23.5. The molecule has 10 nitrogen and oxygen atoms in total. The number of ketones is 1. The molecular formula is C24H28N4O6. The van der Waals surface area contributed by atoms with Crippen molar-refractivity contribution in [3.63, 3.8) is 0 Å². The second kappa shape index (κ2) is 10.5. The molecule has 0 bridgehead atoms. The molecule has 2 aromatic carbocycles. The molecule has 0 aromatic heterocycles. The fraction of sp³-hybridized carbons (Fsp3) is 0.375. The largest absolute Gasteiger partial charge is 0.454 e. The first-order chi connectivity index (χ1) is 16.4. The summed E-state index contributed by atoms with van der Waals surface area (Å²) >= 11 is 0. The van der Waals surface area contributed by atoms with Crippen molar-refractivity contribution >= 4 is 34.7 Å². The molecule has 4 rings (SSSR count). The van der Waals surface area contributed by atoms with Gasteiger partial charge >= 0.3 is 0 Å². The second-order valence-corrected chi connectivity index (χ2v) is 8.22. The average molecular weight is 469 g/mol. The lowest BCUT2D eigenvalue weighted by molar-refractivity contribution is -0.119. The summed E-state index contributed by atoms with van der Waals surface area (Å²) < 4.78 is 16.0. The van der Waals surface area contributed by atoms with Gasteiger partial charge < -0.3 is 29.7 Å². The van der Waals surface area contributed by atoms with Crippen LogP contribution in [0.25, 0.3) is 0 Å². The van der Waals surface area contributed by atoms with Gasteiger partial charge in [0.15, 0.2) is 17.3 Å². The van der Waals surface area contributed by atoms with E-state index in [2.05, 4.69) is 15.5 Å². The molecule has 0 atom stereocenters. The maximum Gasteiger partial charge on any atom is 0.238 e. The molecule has 2 aliphatic heterocycles. The fourth-order valence-electron chi connectivity index (χ4n) is 3.85. The Morgan fingerprint density at radius 3 is 2.21 bits per heavy atom. The Morgan fingerprint density at radius 1 is 0.941 bits per heavy atom. The van der Waals surface area contributed by atoms with Crippen molar-refractivity contribution in [2.45, 2.75) is 6.92 Å². The molecule has 0 saturated carbocycles. The van der Waals surface area contributed by atoms with Crippen molar-refractivity contribution in [2.75, 3.05) is 68.8 Å². The summed E-state index contributed by atoms with van der Waals surface area (Å²) in [6, 6.07) is 10.8. The maximum atomic E-state index is 12.5. The molecule has 1 saturated heterocycles. The van der Waals surface area contributed by atoms with Gasteiger partial charge in [0, 0.05) is 36.1 Å². The third kappa shape index (κ3) is 5.83. The Hall–Kier alpha value is -3.63. The Labute approximate surface area is 197 Å². The van der Waals surface area contributed by atoms with Crippen molar-refractivity contribution in [3.05, 3.63) is 42.0 Å². The van der Waals surface area contributed by atoms with E-state index in [4.69, 9.17) is 14.2 Å². The Kier molecular flexibility index (Phi) is 7.29. The predicted molar refractivity (Wildman–Crippen MR) is 127 cm³/mol. The number of hydrogen-bond acceptors (Lipinski definition) is 8. The summed E-state index contributed by atoms with van der Waals surface area (Å²) in [7, 11) is 1.67. The highest BCUT2D eigenvalue weighted by atomic mass is 16.7. The molecule has 2 heterocycles. The molecule has 0 unspecified atom stereocenters. The molecule has 2 aliphatic rings. The summed E-state index contributed by atoms with van der Waals surface area (Å²) in [4.78, 5) is 40.8. The smallest absolute Gasteiger partial charge is 0.238 e. The molecule has 180 valence electrons. The van der Waals surface area contributed by atoms with Crippen LogP contribution in [0.3, 0.4) is 0 Å². The summed E-state index contributed by atoms with van der Waals surface area (Å²) in [5.41, 5.74) is 2.45. The van der Waals surface area contributed by atoms with E-state index >= 15 is 0 Å². The minimum Gasteiger partial charge on any atom is -0.454 e. The lowest BCUT2D eigenvalue weighted by Crippen LogP contribution is -2.36. The number of nitrogens with zero attached hydrogens (tertiary/aromatic N) is 2. The van der Waals surface area contributed by atoms with Gasteiger partial charge in [-0.25, -0.2) is 0 Å². The van der Waals surface area contributed by atoms with E-state index in [0.717, 1.165) is 18.8 Å². The summed E-state index contributed by atoms with van der Waals surface area (Å²) in [6.45, 7) is 4.59. The molecule has 2 amide bonds. The number of hydrogen-bond donors (Lipinski definition) is 2. The summed E-state index contributed by atoms with van der Waals surface area (Å²) in [6.07, 6.45) is 0. The third-order valence-electron chi connectivity index (χ3n) is 5.52. The van der Waals surface area contributed by atoms with Crippen molar-refractivity contribution < 1.29 is 28.6 Å². The van der Waals surface area contributed by atoms with E-state index < -0.39 is 0 Å². The zero-order valence-electron chi connectivity index (χ0n) is 19.3. The lowest BCUT2D eigenvalue weighted by Gasteiger charge is -2.28. The van der Waals surface area contributed by atoms with E-state index in [0.29, 0.717) is 41.7 Å². The highest BCUT2D eigenvalue weighted by Crippen LogP contribution is 2.37. The minimum absolute atomic E-state index is 0.0271. The number of Topliss-reactive ketones (excluding diaryl/α,β-unsaturated/α-hetero) is 1. The number of nitrogens with one attached hydrogen (secondary N) is 2. The van der Waals surface area contributed by atoms with E-state index in [-0.39, 0.29) is 37.5 Å². The molecule has 10 heteroatoms. The number of amides is 2. The van der Waals surface area contributed by atoms with Gasteiger partial charge in [-0.1, -0.05) is 0 Å². The normalized spacial score (nSPS) is 14.7. The summed E-state index contributed by atoms with van der Waals surface area (Å²) in [5.74, 6) is 0.136. The van der Waals surface area contributed by atoms with Crippen LogP contribution in [0.4, 0.5) is 17.1 Å². The van der Waals surface area contributed by atoms with Gasteiger partial charge in [0.1, 0.15) is 0 Å². The Balaban J connectivity index is 1.28. The van der Waals surface area contributed by atoms with Crippen LogP contribution < -0.4 is 25.0 Å². The van der Waals surface area contributed by atoms with Gasteiger partial charge in [-0.2, -0.15) is 0 Å². The van der Waals surface area contributed by atoms with Crippen molar-refractivity contribution in [1.82, 2.24) is 4.90 Å². The van der Waals surface area contributed by atoms with E-state index in [1.165, 1.54) is 6.92 Å². The van der Waals surface area contributed by atoms with Crippen LogP contribution in [-0.2, 0) is 14.3 Å². The van der Waals surface area contributed by atoms with Gasteiger partial charge in [-0.15, -0.1) is 0 Å². The molecule has 2 aromatic rings. The van der Waals surface area contributed by atoms with Crippen molar-refractivity contribution in [3.8, 4) is 11.5 Å². The first-order valence-corrected chi connectivity index (χ1v) is 11.0. The van der Waals surface area contributed by atoms with Crippen molar-refractivity contribution in [1.29, 1.82) is 0 Å². The van der Waals surface area contributed by atoms with E-state index in [1.807, 2.05) is 24.3 Å². The number of morpholine rings is 1. The van der Waals surface area contributed by atoms with Crippen LogP contribution in [0.5, 0.6) is 11.5 Å². The zero-order valence-corrected chi connectivity index (χ0v) is 19.3. The first-order valence-electron chi connectivity index (χ1n) is 11.0. The molecule has 34 heavy (non-hydrogen) atoms. The van der Waals surface area contributed by atoms with Crippen LogP contribution in [0, 0.1) is 0 Å². The Bertz CT molecular complexity index is 1070. The number of likely N-dealkylation sites (N-methyl/N-ethyl adjacent to an activating group) is 1.